The first kappa shape index (κ1) is 20.5. The number of benzene rings is 2. The number of para-hydroxylation sites is 1. The Kier molecular flexibility index (Phi) is 6.24. The minimum absolute atomic E-state index is 0.272. The third kappa shape index (κ3) is 3.98. The molecule has 0 fully saturated rings. The largest absolute Gasteiger partial charge is 0.493 e. The maximum absolute atomic E-state index is 14.6. The lowest BCUT2D eigenvalue weighted by Gasteiger charge is -2.15. The molecule has 0 unspecified atom stereocenters. The van der Waals surface area contributed by atoms with Crippen molar-refractivity contribution in [2.24, 2.45) is 0 Å². The number of nitrogens with zero attached hydrogens (tertiary/aromatic N) is 4. The Morgan fingerprint density at radius 2 is 1.72 bits per heavy atom. The number of halogens is 1. The Bertz CT molecular complexity index is 1040. The molecule has 0 saturated heterocycles. The summed E-state index contributed by atoms with van der Waals surface area (Å²) >= 11 is 1.19. The van der Waals surface area contributed by atoms with Crippen molar-refractivity contribution in [2.45, 2.75) is 17.3 Å². The number of hydrogen-bond donors (Lipinski definition) is 0. The number of aromatic nitrogens is 3. The van der Waals surface area contributed by atoms with Gasteiger partial charge in [-0.05, 0) is 31.2 Å². The van der Waals surface area contributed by atoms with Gasteiger partial charge in [0, 0.05) is 5.56 Å². The molecular formula is C20H19FN4O3S. The predicted octanol–water partition coefficient (Wildman–Crippen LogP) is 4.10. The summed E-state index contributed by atoms with van der Waals surface area (Å²) in [6.07, 6.45) is 0. The fourth-order valence-corrected chi connectivity index (χ4v) is 3.53. The molecule has 0 N–H and O–H groups in total. The van der Waals surface area contributed by atoms with Crippen LogP contribution in [0.4, 0.5) is 4.39 Å². The van der Waals surface area contributed by atoms with Crippen molar-refractivity contribution in [1.82, 2.24) is 14.8 Å². The van der Waals surface area contributed by atoms with Crippen LogP contribution in [-0.2, 0) is 0 Å². The quantitative estimate of drug-likeness (QED) is 0.538. The van der Waals surface area contributed by atoms with Gasteiger partial charge in [0.25, 0.3) is 0 Å². The first-order valence-corrected chi connectivity index (χ1v) is 9.49. The van der Waals surface area contributed by atoms with Gasteiger partial charge in [0.15, 0.2) is 22.5 Å². The lowest BCUT2D eigenvalue weighted by molar-refractivity contribution is 0.324. The second kappa shape index (κ2) is 8.84. The number of methoxy groups -OCH3 is 3. The highest BCUT2D eigenvalue weighted by molar-refractivity contribution is 8.00. The van der Waals surface area contributed by atoms with Crippen LogP contribution in [0.15, 0.2) is 41.6 Å². The molecule has 7 nitrogen and oxygen atoms in total. The van der Waals surface area contributed by atoms with Crippen molar-refractivity contribution in [1.29, 1.82) is 5.26 Å². The molecule has 2 aromatic carbocycles. The first-order valence-electron chi connectivity index (χ1n) is 8.61. The Labute approximate surface area is 172 Å². The van der Waals surface area contributed by atoms with Gasteiger partial charge in [-0.15, -0.1) is 10.2 Å². The molecule has 1 aromatic heterocycles. The van der Waals surface area contributed by atoms with E-state index in [0.29, 0.717) is 33.8 Å². The van der Waals surface area contributed by atoms with Crippen molar-refractivity contribution in [3.05, 3.63) is 42.2 Å². The van der Waals surface area contributed by atoms with Crippen LogP contribution in [0.25, 0.3) is 17.1 Å². The van der Waals surface area contributed by atoms with E-state index < -0.39 is 11.1 Å². The van der Waals surface area contributed by atoms with E-state index in [9.17, 15) is 9.65 Å². The number of thioether (sulfide) groups is 1. The van der Waals surface area contributed by atoms with Gasteiger partial charge >= 0.3 is 0 Å². The maximum atomic E-state index is 14.6. The summed E-state index contributed by atoms with van der Waals surface area (Å²) in [7, 11) is 4.54. The maximum Gasteiger partial charge on any atom is 0.203 e. The van der Waals surface area contributed by atoms with Crippen LogP contribution in [-0.4, -0.2) is 41.3 Å². The molecule has 3 rings (SSSR count). The summed E-state index contributed by atoms with van der Waals surface area (Å²) < 4.78 is 32.4. The molecule has 0 amide bonds. The molecule has 0 aliphatic carbocycles. The highest BCUT2D eigenvalue weighted by Gasteiger charge is 2.23. The van der Waals surface area contributed by atoms with E-state index in [1.807, 2.05) is 0 Å². The van der Waals surface area contributed by atoms with Gasteiger partial charge in [0.2, 0.25) is 5.75 Å². The smallest absolute Gasteiger partial charge is 0.203 e. The monoisotopic (exact) mass is 414 g/mol. The summed E-state index contributed by atoms with van der Waals surface area (Å²) in [5.41, 5.74) is 0.862. The van der Waals surface area contributed by atoms with Gasteiger partial charge < -0.3 is 14.2 Å². The topological polar surface area (TPSA) is 82.2 Å². The van der Waals surface area contributed by atoms with Crippen LogP contribution in [0.3, 0.4) is 0 Å². The molecule has 0 aliphatic heterocycles. The second-order valence-electron chi connectivity index (χ2n) is 5.90. The summed E-state index contributed by atoms with van der Waals surface area (Å²) in [5.74, 6) is 1.24. The van der Waals surface area contributed by atoms with Crippen LogP contribution in [0.2, 0.25) is 0 Å². The van der Waals surface area contributed by atoms with Crippen molar-refractivity contribution in [2.75, 3.05) is 21.3 Å². The Balaban J connectivity index is 2.26. The zero-order valence-corrected chi connectivity index (χ0v) is 17.2. The number of hydrogen-bond acceptors (Lipinski definition) is 7. The molecule has 29 heavy (non-hydrogen) atoms. The van der Waals surface area contributed by atoms with Crippen LogP contribution in [0.5, 0.6) is 17.2 Å². The molecule has 9 heteroatoms. The van der Waals surface area contributed by atoms with E-state index >= 15 is 0 Å². The van der Waals surface area contributed by atoms with E-state index in [2.05, 4.69) is 16.3 Å². The highest BCUT2D eigenvalue weighted by atomic mass is 32.2. The van der Waals surface area contributed by atoms with E-state index in [1.165, 1.54) is 39.2 Å². The third-order valence-electron chi connectivity index (χ3n) is 4.11. The van der Waals surface area contributed by atoms with Crippen LogP contribution >= 0.6 is 11.8 Å². The molecule has 1 atom stereocenters. The molecule has 0 bridgehead atoms. The van der Waals surface area contributed by atoms with Crippen LogP contribution in [0, 0.1) is 17.1 Å². The summed E-state index contributed by atoms with van der Waals surface area (Å²) in [4.78, 5) is 0. The van der Waals surface area contributed by atoms with Crippen molar-refractivity contribution in [3.8, 4) is 40.4 Å². The standard InChI is InChI=1S/C20H19FN4O3S/c1-12(11-22)29-20-24-23-19(25(20)15-8-6-5-7-14(15)21)13-9-16(26-2)18(28-4)17(10-13)27-3/h5-10,12H,1-4H3/t12-/m0/s1. The van der Waals surface area contributed by atoms with Crippen molar-refractivity contribution in [3.63, 3.8) is 0 Å². The summed E-state index contributed by atoms with van der Waals surface area (Å²) in [5, 5.41) is 17.6. The number of ether oxygens (including phenoxy) is 3. The molecule has 1 heterocycles. The fraction of sp³-hybridized carbons (Fsp3) is 0.250. The molecule has 0 spiro atoms. The van der Waals surface area contributed by atoms with E-state index in [4.69, 9.17) is 14.2 Å². The molecule has 3 aromatic rings. The molecular weight excluding hydrogens is 395 g/mol. The van der Waals surface area contributed by atoms with Gasteiger partial charge in [-0.1, -0.05) is 23.9 Å². The first-order chi connectivity index (χ1) is 14.0. The van der Waals surface area contributed by atoms with Crippen LogP contribution < -0.4 is 14.2 Å². The SMILES string of the molecule is COc1cc(-c2nnc(S[C@@H](C)C#N)n2-c2ccccc2F)cc(OC)c1OC. The van der Waals surface area contributed by atoms with Crippen LogP contribution in [0.1, 0.15) is 6.92 Å². The van der Waals surface area contributed by atoms with E-state index in [0.717, 1.165) is 0 Å². The van der Waals surface area contributed by atoms with Gasteiger partial charge in [0.05, 0.1) is 38.3 Å². The Morgan fingerprint density at radius 3 is 2.28 bits per heavy atom. The lowest BCUT2D eigenvalue weighted by Crippen LogP contribution is -2.04. The van der Waals surface area contributed by atoms with Crippen molar-refractivity contribution < 1.29 is 18.6 Å². The Hall–Kier alpha value is -3.25. The minimum Gasteiger partial charge on any atom is -0.493 e. The average molecular weight is 414 g/mol. The van der Waals surface area contributed by atoms with E-state index in [1.54, 1.807) is 41.8 Å². The fourth-order valence-electron chi connectivity index (χ4n) is 2.78. The Morgan fingerprint density at radius 1 is 1.07 bits per heavy atom. The summed E-state index contributed by atoms with van der Waals surface area (Å²) in [6, 6.07) is 11.9. The number of rotatable bonds is 7. The molecule has 150 valence electrons. The zero-order chi connectivity index (χ0) is 21.0. The highest BCUT2D eigenvalue weighted by Crippen LogP contribution is 2.42. The van der Waals surface area contributed by atoms with Crippen molar-refractivity contribution >= 4 is 11.8 Å². The molecule has 0 radical (unpaired) electrons. The number of nitriles is 1. The molecule has 0 aliphatic rings. The van der Waals surface area contributed by atoms with Gasteiger partial charge in [0.1, 0.15) is 5.82 Å². The predicted molar refractivity (Wildman–Crippen MR) is 107 cm³/mol. The normalized spacial score (nSPS) is 11.6. The van der Waals surface area contributed by atoms with Gasteiger partial charge in [-0.3, -0.25) is 4.57 Å². The molecule has 0 saturated carbocycles. The van der Waals surface area contributed by atoms with E-state index in [-0.39, 0.29) is 5.69 Å². The zero-order valence-electron chi connectivity index (χ0n) is 16.3. The average Bonchev–Trinajstić information content (AvgIpc) is 3.15. The lowest BCUT2D eigenvalue weighted by atomic mass is 10.1. The van der Waals surface area contributed by atoms with Gasteiger partial charge in [-0.25, -0.2) is 4.39 Å². The van der Waals surface area contributed by atoms with Gasteiger partial charge in [-0.2, -0.15) is 5.26 Å². The third-order valence-corrected chi connectivity index (χ3v) is 5.05. The minimum atomic E-state index is -0.438. The second-order valence-corrected chi connectivity index (χ2v) is 7.20. The summed E-state index contributed by atoms with van der Waals surface area (Å²) in [6.45, 7) is 1.74.